The summed E-state index contributed by atoms with van der Waals surface area (Å²) in [5.74, 6) is 0.704. The number of Topliss-reactive ketones (excluding diaryl/α,β-unsaturated/α-hetero) is 1. The topological polar surface area (TPSA) is 46.6 Å². The summed E-state index contributed by atoms with van der Waals surface area (Å²) in [6, 6.07) is 0.148. The summed E-state index contributed by atoms with van der Waals surface area (Å²) < 4.78 is 5.48. The fourth-order valence-corrected chi connectivity index (χ4v) is 2.32. The van der Waals surface area contributed by atoms with Gasteiger partial charge in [0, 0.05) is 25.4 Å². The van der Waals surface area contributed by atoms with Gasteiger partial charge in [0.15, 0.2) is 0 Å². The Morgan fingerprint density at radius 3 is 2.26 bits per heavy atom. The molecule has 110 valence electrons. The number of amides is 1. The van der Waals surface area contributed by atoms with E-state index >= 15 is 0 Å². The van der Waals surface area contributed by atoms with Gasteiger partial charge in [-0.15, -0.1) is 0 Å². The maximum Gasteiger partial charge on any atom is 0.410 e. The molecule has 4 heteroatoms. The van der Waals surface area contributed by atoms with Crippen LogP contribution in [-0.2, 0) is 9.53 Å². The van der Waals surface area contributed by atoms with E-state index < -0.39 is 5.60 Å². The van der Waals surface area contributed by atoms with Crippen LogP contribution in [0.3, 0.4) is 0 Å². The molecule has 1 aliphatic rings. The predicted octanol–water partition coefficient (Wildman–Crippen LogP) is 3.39. The van der Waals surface area contributed by atoms with Crippen LogP contribution < -0.4 is 0 Å². The lowest BCUT2D eigenvalue weighted by atomic mass is 9.93. The molecule has 0 aromatic rings. The van der Waals surface area contributed by atoms with Gasteiger partial charge in [-0.25, -0.2) is 4.79 Å². The van der Waals surface area contributed by atoms with Crippen molar-refractivity contribution in [2.75, 3.05) is 6.54 Å². The van der Waals surface area contributed by atoms with E-state index in [0.717, 1.165) is 12.8 Å². The molecule has 1 amide bonds. The third kappa shape index (κ3) is 5.62. The Morgan fingerprint density at radius 1 is 1.32 bits per heavy atom. The monoisotopic (exact) mass is 269 g/mol. The summed E-state index contributed by atoms with van der Waals surface area (Å²) in [4.78, 5) is 25.4. The number of rotatable bonds is 3. The standard InChI is InChI=1S/C15H27NO3/c1-11(2)10-16(14(18)19-15(3,4)5)12-6-8-13(17)9-7-12/h11-12H,6-10H2,1-5H3. The van der Waals surface area contributed by atoms with Crippen molar-refractivity contribution in [3.8, 4) is 0 Å². The fourth-order valence-electron chi connectivity index (χ4n) is 2.32. The summed E-state index contributed by atoms with van der Waals surface area (Å²) in [6.07, 6.45) is 2.46. The zero-order valence-corrected chi connectivity index (χ0v) is 12.9. The molecule has 4 nitrogen and oxygen atoms in total. The lowest BCUT2D eigenvalue weighted by molar-refractivity contribution is -0.121. The normalized spacial score (nSPS) is 17.7. The van der Waals surface area contributed by atoms with Crippen molar-refractivity contribution in [1.82, 2.24) is 4.90 Å². The molecule has 1 rings (SSSR count). The maximum absolute atomic E-state index is 12.3. The fraction of sp³-hybridized carbons (Fsp3) is 0.867. The SMILES string of the molecule is CC(C)CN(C(=O)OC(C)(C)C)C1CCC(=O)CC1. The van der Waals surface area contributed by atoms with Crippen LogP contribution in [0.2, 0.25) is 0 Å². The average Bonchev–Trinajstić information content (AvgIpc) is 2.24. The Kier molecular flexibility index (Phi) is 5.39. The summed E-state index contributed by atoms with van der Waals surface area (Å²) in [7, 11) is 0. The van der Waals surface area contributed by atoms with Crippen molar-refractivity contribution in [1.29, 1.82) is 0 Å². The van der Waals surface area contributed by atoms with Crippen LogP contribution in [0.1, 0.15) is 60.3 Å². The zero-order valence-electron chi connectivity index (χ0n) is 12.9. The van der Waals surface area contributed by atoms with E-state index in [4.69, 9.17) is 4.74 Å². The highest BCUT2D eigenvalue weighted by Gasteiger charge is 2.31. The molecule has 0 N–H and O–H groups in total. The highest BCUT2D eigenvalue weighted by Crippen LogP contribution is 2.23. The van der Waals surface area contributed by atoms with Crippen LogP contribution in [0, 0.1) is 5.92 Å². The first-order chi connectivity index (χ1) is 8.69. The Labute approximate surface area is 116 Å². The van der Waals surface area contributed by atoms with E-state index in [0.29, 0.717) is 31.1 Å². The molecule has 0 bridgehead atoms. The number of carbonyl (C=O) groups excluding carboxylic acids is 2. The molecule has 0 atom stereocenters. The minimum Gasteiger partial charge on any atom is -0.444 e. The van der Waals surface area contributed by atoms with Crippen LogP contribution >= 0.6 is 0 Å². The van der Waals surface area contributed by atoms with Crippen LogP contribution in [0.15, 0.2) is 0 Å². The summed E-state index contributed by atoms with van der Waals surface area (Å²) in [5.41, 5.74) is -0.475. The number of carbonyl (C=O) groups is 2. The second-order valence-electron chi connectivity index (χ2n) is 6.80. The second kappa shape index (κ2) is 6.40. The second-order valence-corrected chi connectivity index (χ2v) is 6.80. The Morgan fingerprint density at radius 2 is 1.84 bits per heavy atom. The molecular formula is C15H27NO3. The molecule has 0 radical (unpaired) electrons. The molecule has 1 saturated carbocycles. The van der Waals surface area contributed by atoms with Crippen molar-refractivity contribution in [2.45, 2.75) is 71.9 Å². The summed E-state index contributed by atoms with van der Waals surface area (Å²) >= 11 is 0. The van der Waals surface area contributed by atoms with E-state index in [2.05, 4.69) is 13.8 Å². The first-order valence-electron chi connectivity index (χ1n) is 7.20. The van der Waals surface area contributed by atoms with E-state index in [9.17, 15) is 9.59 Å². The van der Waals surface area contributed by atoms with Crippen molar-refractivity contribution < 1.29 is 14.3 Å². The predicted molar refractivity (Wildman–Crippen MR) is 75.0 cm³/mol. The molecule has 0 aromatic heterocycles. The molecule has 1 fully saturated rings. The van der Waals surface area contributed by atoms with Crippen LogP contribution in [0.4, 0.5) is 4.79 Å². The number of hydrogen-bond donors (Lipinski definition) is 0. The van der Waals surface area contributed by atoms with E-state index in [1.54, 1.807) is 0 Å². The minimum absolute atomic E-state index is 0.148. The van der Waals surface area contributed by atoms with Gasteiger partial charge < -0.3 is 9.64 Å². The van der Waals surface area contributed by atoms with Crippen molar-refractivity contribution in [3.05, 3.63) is 0 Å². The summed E-state index contributed by atoms with van der Waals surface area (Å²) in [6.45, 7) is 10.5. The highest BCUT2D eigenvalue weighted by atomic mass is 16.6. The van der Waals surface area contributed by atoms with Crippen LogP contribution in [-0.4, -0.2) is 35.0 Å². The lowest BCUT2D eigenvalue weighted by Gasteiger charge is -2.36. The Bertz CT molecular complexity index is 321. The van der Waals surface area contributed by atoms with Crippen molar-refractivity contribution in [3.63, 3.8) is 0 Å². The van der Waals surface area contributed by atoms with E-state index in [-0.39, 0.29) is 12.1 Å². The molecule has 0 aromatic carbocycles. The largest absolute Gasteiger partial charge is 0.444 e. The van der Waals surface area contributed by atoms with Crippen LogP contribution in [0.25, 0.3) is 0 Å². The van der Waals surface area contributed by atoms with Gasteiger partial charge in [0.2, 0.25) is 0 Å². The van der Waals surface area contributed by atoms with Gasteiger partial charge in [-0.2, -0.15) is 0 Å². The van der Waals surface area contributed by atoms with Gasteiger partial charge in [0.05, 0.1) is 0 Å². The number of ether oxygens (including phenoxy) is 1. The van der Waals surface area contributed by atoms with Gasteiger partial charge in [-0.05, 0) is 39.5 Å². The summed E-state index contributed by atoms with van der Waals surface area (Å²) in [5, 5.41) is 0. The number of hydrogen-bond acceptors (Lipinski definition) is 3. The molecular weight excluding hydrogens is 242 g/mol. The molecule has 0 saturated heterocycles. The first kappa shape index (κ1) is 16.0. The Balaban J connectivity index is 2.71. The van der Waals surface area contributed by atoms with Crippen LogP contribution in [0.5, 0.6) is 0 Å². The Hall–Kier alpha value is -1.06. The quantitative estimate of drug-likeness (QED) is 0.789. The third-order valence-corrected chi connectivity index (χ3v) is 3.14. The highest BCUT2D eigenvalue weighted by molar-refractivity contribution is 5.79. The van der Waals surface area contributed by atoms with Gasteiger partial charge in [-0.1, -0.05) is 13.8 Å². The minimum atomic E-state index is -0.475. The molecule has 0 aliphatic heterocycles. The maximum atomic E-state index is 12.3. The zero-order chi connectivity index (χ0) is 14.6. The van der Waals surface area contributed by atoms with Gasteiger partial charge in [-0.3, -0.25) is 4.79 Å². The number of nitrogens with zero attached hydrogens (tertiary/aromatic N) is 1. The molecule has 0 spiro atoms. The molecule has 1 aliphatic carbocycles. The smallest absolute Gasteiger partial charge is 0.410 e. The van der Waals surface area contributed by atoms with Crippen molar-refractivity contribution in [2.24, 2.45) is 5.92 Å². The lowest BCUT2D eigenvalue weighted by Crippen LogP contribution is -2.46. The first-order valence-corrected chi connectivity index (χ1v) is 7.20. The number of ketones is 1. The molecule has 0 heterocycles. The third-order valence-electron chi connectivity index (χ3n) is 3.14. The van der Waals surface area contributed by atoms with Gasteiger partial charge in [0.1, 0.15) is 11.4 Å². The average molecular weight is 269 g/mol. The van der Waals surface area contributed by atoms with Crippen molar-refractivity contribution >= 4 is 11.9 Å². The van der Waals surface area contributed by atoms with E-state index in [1.165, 1.54) is 0 Å². The van der Waals surface area contributed by atoms with Gasteiger partial charge >= 0.3 is 6.09 Å². The molecule has 19 heavy (non-hydrogen) atoms. The van der Waals surface area contributed by atoms with E-state index in [1.807, 2.05) is 25.7 Å². The molecule has 0 unspecified atom stereocenters. The van der Waals surface area contributed by atoms with Gasteiger partial charge in [0.25, 0.3) is 0 Å².